The van der Waals surface area contributed by atoms with Gasteiger partial charge in [-0.15, -0.1) is 0 Å². The highest BCUT2D eigenvalue weighted by atomic mass is 35.5. The van der Waals surface area contributed by atoms with Crippen molar-refractivity contribution in [2.45, 2.75) is 18.3 Å². The molecule has 124 valence electrons. The molecule has 3 rings (SSSR count). The first-order chi connectivity index (χ1) is 11.6. The molecule has 4 heteroatoms. The highest BCUT2D eigenvalue weighted by Gasteiger charge is 2.31. The normalized spacial score (nSPS) is 21.2. The summed E-state index contributed by atoms with van der Waals surface area (Å²) in [6, 6.07) is 19.5. The van der Waals surface area contributed by atoms with Crippen LogP contribution in [0.2, 0.25) is 0 Å². The van der Waals surface area contributed by atoms with E-state index in [2.05, 4.69) is 0 Å². The Morgan fingerprint density at radius 2 is 1.71 bits per heavy atom. The lowest BCUT2D eigenvalue weighted by Crippen LogP contribution is -2.27. The third kappa shape index (κ3) is 3.53. The molecule has 1 aliphatic carbocycles. The van der Waals surface area contributed by atoms with Gasteiger partial charge in [-0.1, -0.05) is 60.7 Å². The van der Waals surface area contributed by atoms with Crippen LogP contribution < -0.4 is 4.42 Å². The number of alkyl halides is 1. The molecule has 0 saturated carbocycles. The van der Waals surface area contributed by atoms with E-state index in [1.165, 1.54) is 13.2 Å². The average molecular weight is 344 g/mol. The lowest BCUT2D eigenvalue weighted by molar-refractivity contribution is -0.0770. The zero-order chi connectivity index (χ0) is 17.0. The van der Waals surface area contributed by atoms with Crippen molar-refractivity contribution in [2.75, 3.05) is 11.5 Å². The van der Waals surface area contributed by atoms with E-state index in [1.807, 2.05) is 66.7 Å². The Kier molecular flexibility index (Phi) is 5.03. The highest BCUT2D eigenvalue weighted by Crippen LogP contribution is 2.38. The molecular formula is C20H19ClFNO. The van der Waals surface area contributed by atoms with Gasteiger partial charge in [-0.25, -0.2) is 4.39 Å². The molecule has 0 aliphatic heterocycles. The molecule has 2 atom stereocenters. The van der Waals surface area contributed by atoms with Crippen LogP contribution in [0.5, 0.6) is 0 Å². The molecule has 0 N–H and O–H groups in total. The summed E-state index contributed by atoms with van der Waals surface area (Å²) in [4.78, 5) is 0. The van der Waals surface area contributed by atoms with E-state index in [0.717, 1.165) is 16.8 Å². The fraction of sp³-hybridized carbons (Fsp3) is 0.200. The van der Waals surface area contributed by atoms with Gasteiger partial charge in [-0.3, -0.25) is 4.42 Å². The molecule has 0 saturated heterocycles. The molecule has 0 bridgehead atoms. The first-order valence-corrected chi connectivity index (χ1v) is 8.15. The number of anilines is 1. The second-order valence-electron chi connectivity index (χ2n) is 5.69. The zero-order valence-corrected chi connectivity index (χ0v) is 14.2. The van der Waals surface area contributed by atoms with Crippen molar-refractivity contribution < 1.29 is 9.13 Å². The maximum absolute atomic E-state index is 14.3. The zero-order valence-electron chi connectivity index (χ0n) is 13.4. The van der Waals surface area contributed by atoms with Crippen molar-refractivity contribution >= 4 is 17.5 Å². The third-order valence-corrected chi connectivity index (χ3v) is 4.53. The molecule has 0 heterocycles. The fourth-order valence-corrected chi connectivity index (χ4v) is 3.11. The van der Waals surface area contributed by atoms with Crippen molar-refractivity contribution in [3.05, 3.63) is 90.0 Å². The van der Waals surface area contributed by atoms with Crippen LogP contribution >= 0.6 is 11.8 Å². The summed E-state index contributed by atoms with van der Waals surface area (Å²) in [6.45, 7) is 0. The molecule has 0 fully saturated rings. The summed E-state index contributed by atoms with van der Waals surface area (Å²) in [6.07, 6.45) is 5.22. The molecule has 0 amide bonds. The van der Waals surface area contributed by atoms with Gasteiger partial charge in [0.05, 0.1) is 11.7 Å². The molecule has 0 aromatic heterocycles. The summed E-state index contributed by atoms with van der Waals surface area (Å²) in [5.74, 6) is -1.74. The van der Waals surface area contributed by atoms with Crippen LogP contribution in [0.25, 0.3) is 0 Å². The molecule has 1 aliphatic rings. The van der Waals surface area contributed by atoms with E-state index in [1.54, 1.807) is 10.5 Å². The molecule has 2 aromatic carbocycles. The summed E-state index contributed by atoms with van der Waals surface area (Å²) < 4.78 is 20.9. The molecule has 2 aromatic rings. The van der Waals surface area contributed by atoms with Crippen LogP contribution in [0.15, 0.2) is 84.5 Å². The number of hydrogen-bond acceptors (Lipinski definition) is 2. The van der Waals surface area contributed by atoms with Crippen LogP contribution in [0.1, 0.15) is 18.0 Å². The topological polar surface area (TPSA) is 12.5 Å². The van der Waals surface area contributed by atoms with Gasteiger partial charge in [0.1, 0.15) is 0 Å². The van der Waals surface area contributed by atoms with E-state index in [9.17, 15) is 4.39 Å². The minimum absolute atomic E-state index is 0.165. The van der Waals surface area contributed by atoms with Crippen molar-refractivity contribution in [2.24, 2.45) is 0 Å². The quantitative estimate of drug-likeness (QED) is 0.656. The van der Waals surface area contributed by atoms with Crippen molar-refractivity contribution in [3.63, 3.8) is 0 Å². The van der Waals surface area contributed by atoms with Crippen LogP contribution in [0.3, 0.4) is 0 Å². The van der Waals surface area contributed by atoms with Gasteiger partial charge >= 0.3 is 0 Å². The minimum Gasteiger partial charge on any atom is -0.346 e. The van der Waals surface area contributed by atoms with Crippen molar-refractivity contribution in [1.29, 1.82) is 0 Å². The number of methoxy groups -OCH3 is 1. The van der Waals surface area contributed by atoms with Gasteiger partial charge in [0.15, 0.2) is 0 Å². The fourth-order valence-electron chi connectivity index (χ4n) is 2.78. The van der Waals surface area contributed by atoms with Gasteiger partial charge in [0.25, 0.3) is 0 Å². The van der Waals surface area contributed by atoms with Gasteiger partial charge in [0.2, 0.25) is 5.85 Å². The maximum atomic E-state index is 14.3. The number of ether oxygens (including phenoxy) is 1. The highest BCUT2D eigenvalue weighted by molar-refractivity contribution is 6.26. The number of benzene rings is 2. The predicted octanol–water partition coefficient (Wildman–Crippen LogP) is 5.59. The maximum Gasteiger partial charge on any atom is 0.231 e. The Hall–Kier alpha value is -2.10. The molecular weight excluding hydrogens is 325 g/mol. The van der Waals surface area contributed by atoms with E-state index in [4.69, 9.17) is 16.5 Å². The summed E-state index contributed by atoms with van der Waals surface area (Å²) in [5.41, 5.74) is 2.85. The summed E-state index contributed by atoms with van der Waals surface area (Å²) in [7, 11) is 1.37. The second kappa shape index (κ2) is 7.20. The lowest BCUT2D eigenvalue weighted by atomic mass is 9.92. The molecule has 0 radical (unpaired) electrons. The number of hydrogen-bond donors (Lipinski definition) is 0. The van der Waals surface area contributed by atoms with Gasteiger partial charge in [0, 0.05) is 25.3 Å². The van der Waals surface area contributed by atoms with E-state index in [-0.39, 0.29) is 12.5 Å². The minimum atomic E-state index is -1.74. The van der Waals surface area contributed by atoms with E-state index < -0.39 is 5.85 Å². The summed E-state index contributed by atoms with van der Waals surface area (Å²) >= 11 is 6.68. The molecule has 0 spiro atoms. The standard InChI is InChI=1S/C20H19ClFNO/c1-24-20(22)14-12-17(13-15-20)19(16-8-4-2-5-9-16)23(21)18-10-6-3-7-11-18/h2-14,19H,15H2,1H3. The van der Waals surface area contributed by atoms with E-state index in [0.29, 0.717) is 0 Å². The Morgan fingerprint density at radius 3 is 2.25 bits per heavy atom. The smallest absolute Gasteiger partial charge is 0.231 e. The van der Waals surface area contributed by atoms with E-state index >= 15 is 0 Å². The molecule has 24 heavy (non-hydrogen) atoms. The third-order valence-electron chi connectivity index (χ3n) is 4.14. The van der Waals surface area contributed by atoms with Crippen LogP contribution in [0.4, 0.5) is 10.1 Å². The molecule has 2 unspecified atom stereocenters. The van der Waals surface area contributed by atoms with Gasteiger partial charge in [-0.05, 0) is 29.3 Å². The van der Waals surface area contributed by atoms with Crippen LogP contribution in [0, 0.1) is 0 Å². The molecule has 2 nitrogen and oxygen atoms in total. The predicted molar refractivity (Wildman–Crippen MR) is 96.6 cm³/mol. The van der Waals surface area contributed by atoms with Gasteiger partial charge < -0.3 is 4.74 Å². The summed E-state index contributed by atoms with van der Waals surface area (Å²) in [5, 5.41) is 0. The number of halogens is 2. The Labute approximate surface area is 146 Å². The van der Waals surface area contributed by atoms with Gasteiger partial charge in [-0.2, -0.15) is 0 Å². The van der Waals surface area contributed by atoms with Crippen molar-refractivity contribution in [3.8, 4) is 0 Å². The number of rotatable bonds is 5. The Morgan fingerprint density at radius 1 is 1.08 bits per heavy atom. The largest absolute Gasteiger partial charge is 0.346 e. The van der Waals surface area contributed by atoms with Crippen LogP contribution in [-0.2, 0) is 4.74 Å². The second-order valence-corrected chi connectivity index (χ2v) is 6.06. The monoisotopic (exact) mass is 343 g/mol. The first kappa shape index (κ1) is 16.7. The average Bonchev–Trinajstić information content (AvgIpc) is 2.65. The first-order valence-electron chi connectivity index (χ1n) is 7.81. The number of para-hydroxylation sites is 1. The Bertz CT molecular complexity index is 732. The number of nitrogens with zero attached hydrogens (tertiary/aromatic N) is 1. The van der Waals surface area contributed by atoms with Crippen LogP contribution in [-0.4, -0.2) is 13.0 Å². The lowest BCUT2D eigenvalue weighted by Gasteiger charge is -2.31. The Balaban J connectivity index is 1.97. The van der Waals surface area contributed by atoms with Crippen molar-refractivity contribution in [1.82, 2.24) is 0 Å². The SMILES string of the molecule is COC1(F)C=CC(C(c2ccccc2)N(Cl)c2ccccc2)=CC1.